The quantitative estimate of drug-likeness (QED) is 0.876. The van der Waals surface area contributed by atoms with Crippen molar-refractivity contribution < 1.29 is 9.84 Å². The molecule has 2 unspecified atom stereocenters. The van der Waals surface area contributed by atoms with E-state index >= 15 is 0 Å². The normalized spacial score (nSPS) is 22.1. The molecule has 2 aromatic rings. The molecule has 2 heterocycles. The molecule has 0 amide bonds. The van der Waals surface area contributed by atoms with Crippen LogP contribution in [-0.2, 0) is 4.74 Å². The summed E-state index contributed by atoms with van der Waals surface area (Å²) in [4.78, 5) is 0. The Morgan fingerprint density at radius 1 is 1.36 bits per heavy atom. The van der Waals surface area contributed by atoms with Gasteiger partial charge in [0.25, 0.3) is 0 Å². The third-order valence-electron chi connectivity index (χ3n) is 5.15. The molecule has 0 radical (unpaired) electrons. The Morgan fingerprint density at radius 3 is 2.88 bits per heavy atom. The molecule has 25 heavy (non-hydrogen) atoms. The standard InChI is InChI=1S/C20H29N3O2/c1-14-6-7-15(2)19(10-14)23-17(4)18(11-22-23)16(3)21-12-20(24)8-5-9-25-13-20/h6-7,10-11,16,21,24H,5,8-9,12-13H2,1-4H3. The zero-order valence-electron chi connectivity index (χ0n) is 15.7. The summed E-state index contributed by atoms with van der Waals surface area (Å²) in [6.07, 6.45) is 3.62. The first kappa shape index (κ1) is 18.1. The van der Waals surface area contributed by atoms with Gasteiger partial charge in [0.1, 0.15) is 5.60 Å². The highest BCUT2D eigenvalue weighted by Gasteiger charge is 2.30. The lowest BCUT2D eigenvalue weighted by Crippen LogP contribution is -2.47. The maximum Gasteiger partial charge on any atom is 0.100 e. The van der Waals surface area contributed by atoms with Gasteiger partial charge in [0.05, 0.1) is 18.5 Å². The van der Waals surface area contributed by atoms with Crippen LogP contribution in [0.15, 0.2) is 24.4 Å². The maximum absolute atomic E-state index is 10.6. The molecule has 0 aliphatic carbocycles. The number of nitrogens with zero attached hydrogens (tertiary/aromatic N) is 2. The zero-order valence-corrected chi connectivity index (χ0v) is 15.7. The molecule has 1 aliphatic rings. The smallest absolute Gasteiger partial charge is 0.100 e. The van der Waals surface area contributed by atoms with Crippen molar-refractivity contribution in [2.75, 3.05) is 19.8 Å². The molecule has 5 nitrogen and oxygen atoms in total. The number of benzene rings is 1. The van der Waals surface area contributed by atoms with Crippen LogP contribution in [0, 0.1) is 20.8 Å². The van der Waals surface area contributed by atoms with E-state index in [2.05, 4.69) is 56.3 Å². The summed E-state index contributed by atoms with van der Waals surface area (Å²) in [7, 11) is 0. The van der Waals surface area contributed by atoms with Gasteiger partial charge >= 0.3 is 0 Å². The molecular formula is C20H29N3O2. The molecule has 0 saturated carbocycles. The number of nitrogens with one attached hydrogen (secondary N) is 1. The molecule has 0 bridgehead atoms. The van der Waals surface area contributed by atoms with E-state index in [1.54, 1.807) is 0 Å². The van der Waals surface area contributed by atoms with Gasteiger partial charge in [0.2, 0.25) is 0 Å². The van der Waals surface area contributed by atoms with Gasteiger partial charge in [-0.2, -0.15) is 5.10 Å². The first-order valence-corrected chi connectivity index (χ1v) is 9.05. The summed E-state index contributed by atoms with van der Waals surface area (Å²) >= 11 is 0. The predicted molar refractivity (Wildman–Crippen MR) is 99.2 cm³/mol. The van der Waals surface area contributed by atoms with Gasteiger partial charge in [-0.3, -0.25) is 0 Å². The summed E-state index contributed by atoms with van der Waals surface area (Å²) in [5.74, 6) is 0. The molecule has 0 spiro atoms. The number of aryl methyl sites for hydroxylation is 2. The molecule has 1 aromatic heterocycles. The summed E-state index contributed by atoms with van der Waals surface area (Å²) < 4.78 is 7.43. The number of rotatable bonds is 5. The lowest BCUT2D eigenvalue weighted by Gasteiger charge is -2.33. The second-order valence-corrected chi connectivity index (χ2v) is 7.37. The van der Waals surface area contributed by atoms with Gasteiger partial charge in [0.15, 0.2) is 0 Å². The van der Waals surface area contributed by atoms with E-state index < -0.39 is 5.60 Å². The molecule has 1 aromatic carbocycles. The molecule has 136 valence electrons. The van der Waals surface area contributed by atoms with Crippen LogP contribution in [-0.4, -0.2) is 40.2 Å². The molecule has 5 heteroatoms. The Morgan fingerprint density at radius 2 is 2.16 bits per heavy atom. The molecular weight excluding hydrogens is 314 g/mol. The monoisotopic (exact) mass is 343 g/mol. The number of hydrogen-bond donors (Lipinski definition) is 2. The van der Waals surface area contributed by atoms with Gasteiger partial charge in [0, 0.05) is 30.5 Å². The molecule has 2 atom stereocenters. The zero-order chi connectivity index (χ0) is 18.0. The SMILES string of the molecule is Cc1ccc(C)c(-n2ncc(C(C)NCC3(O)CCCOC3)c2C)c1. The number of aromatic nitrogens is 2. The second kappa shape index (κ2) is 7.28. The van der Waals surface area contributed by atoms with Crippen LogP contribution in [0.2, 0.25) is 0 Å². The van der Waals surface area contributed by atoms with Crippen LogP contribution in [0.4, 0.5) is 0 Å². The van der Waals surface area contributed by atoms with Gasteiger partial charge in [-0.05, 0) is 57.7 Å². The highest BCUT2D eigenvalue weighted by molar-refractivity contribution is 5.44. The van der Waals surface area contributed by atoms with Crippen molar-refractivity contribution in [2.24, 2.45) is 0 Å². The van der Waals surface area contributed by atoms with Crippen molar-refractivity contribution in [1.29, 1.82) is 0 Å². The van der Waals surface area contributed by atoms with Gasteiger partial charge in [-0.1, -0.05) is 12.1 Å². The van der Waals surface area contributed by atoms with E-state index in [0.717, 1.165) is 36.4 Å². The summed E-state index contributed by atoms with van der Waals surface area (Å²) in [5, 5.41) is 18.6. The summed E-state index contributed by atoms with van der Waals surface area (Å²) in [5.41, 5.74) is 5.07. The molecule has 1 saturated heterocycles. The van der Waals surface area contributed by atoms with Crippen molar-refractivity contribution in [3.05, 3.63) is 46.8 Å². The van der Waals surface area contributed by atoms with Gasteiger partial charge < -0.3 is 15.2 Å². The summed E-state index contributed by atoms with van der Waals surface area (Å²) in [6.45, 7) is 10.1. The van der Waals surface area contributed by atoms with E-state index in [9.17, 15) is 5.11 Å². The lowest BCUT2D eigenvalue weighted by molar-refractivity contribution is -0.0842. The molecule has 1 fully saturated rings. The molecule has 3 rings (SSSR count). The van der Waals surface area contributed by atoms with Crippen molar-refractivity contribution in [3.63, 3.8) is 0 Å². The molecule has 2 N–H and O–H groups in total. The maximum atomic E-state index is 10.6. The van der Waals surface area contributed by atoms with E-state index in [-0.39, 0.29) is 6.04 Å². The van der Waals surface area contributed by atoms with Crippen LogP contribution >= 0.6 is 0 Å². The van der Waals surface area contributed by atoms with Crippen LogP contribution < -0.4 is 5.32 Å². The average Bonchev–Trinajstić information content (AvgIpc) is 2.97. The lowest BCUT2D eigenvalue weighted by atomic mass is 9.96. The Balaban J connectivity index is 1.75. The van der Waals surface area contributed by atoms with Gasteiger partial charge in [-0.15, -0.1) is 0 Å². The van der Waals surface area contributed by atoms with Crippen LogP contribution in [0.1, 0.15) is 48.2 Å². The number of aliphatic hydroxyl groups is 1. The highest BCUT2D eigenvalue weighted by Crippen LogP contribution is 2.24. The Kier molecular flexibility index (Phi) is 5.27. The van der Waals surface area contributed by atoms with Crippen molar-refractivity contribution >= 4 is 0 Å². The van der Waals surface area contributed by atoms with Crippen molar-refractivity contribution in [2.45, 2.75) is 52.2 Å². The van der Waals surface area contributed by atoms with E-state index in [4.69, 9.17) is 4.74 Å². The third-order valence-corrected chi connectivity index (χ3v) is 5.15. The second-order valence-electron chi connectivity index (χ2n) is 7.37. The minimum absolute atomic E-state index is 0.116. The first-order chi connectivity index (χ1) is 11.9. The highest BCUT2D eigenvalue weighted by atomic mass is 16.5. The average molecular weight is 343 g/mol. The predicted octanol–water partition coefficient (Wildman–Crippen LogP) is 2.99. The largest absolute Gasteiger partial charge is 0.386 e. The van der Waals surface area contributed by atoms with Gasteiger partial charge in [-0.25, -0.2) is 4.68 Å². The van der Waals surface area contributed by atoms with Crippen LogP contribution in [0.25, 0.3) is 5.69 Å². The third kappa shape index (κ3) is 3.94. The number of ether oxygens (including phenoxy) is 1. The van der Waals surface area contributed by atoms with Crippen LogP contribution in [0.5, 0.6) is 0 Å². The Labute approximate surface area is 150 Å². The first-order valence-electron chi connectivity index (χ1n) is 9.05. The van der Waals surface area contributed by atoms with E-state index in [0.29, 0.717) is 13.2 Å². The van der Waals surface area contributed by atoms with Crippen molar-refractivity contribution in [1.82, 2.24) is 15.1 Å². The number of hydrogen-bond acceptors (Lipinski definition) is 4. The topological polar surface area (TPSA) is 59.3 Å². The Hall–Kier alpha value is -1.69. The Bertz CT molecular complexity index is 733. The minimum Gasteiger partial charge on any atom is -0.386 e. The molecule has 1 aliphatic heterocycles. The van der Waals surface area contributed by atoms with Crippen LogP contribution in [0.3, 0.4) is 0 Å². The van der Waals surface area contributed by atoms with E-state index in [1.807, 2.05) is 10.9 Å². The minimum atomic E-state index is -0.760. The fraction of sp³-hybridized carbons (Fsp3) is 0.550. The summed E-state index contributed by atoms with van der Waals surface area (Å²) in [6, 6.07) is 6.53. The fourth-order valence-corrected chi connectivity index (χ4v) is 3.47. The fourth-order valence-electron chi connectivity index (χ4n) is 3.47. The van der Waals surface area contributed by atoms with E-state index in [1.165, 1.54) is 11.1 Å². The van der Waals surface area contributed by atoms with Crippen molar-refractivity contribution in [3.8, 4) is 5.69 Å².